The first-order chi connectivity index (χ1) is 13.7. The summed E-state index contributed by atoms with van der Waals surface area (Å²) in [5.41, 5.74) is 2.45. The number of carboxylic acid groups (broad SMARTS) is 1. The van der Waals surface area contributed by atoms with Crippen molar-refractivity contribution in [2.45, 2.75) is 27.0 Å². The molecule has 2 N–H and O–H groups in total. The van der Waals surface area contributed by atoms with Crippen LogP contribution in [0.15, 0.2) is 42.5 Å². The van der Waals surface area contributed by atoms with Gasteiger partial charge in [-0.05, 0) is 41.5 Å². The van der Waals surface area contributed by atoms with Crippen LogP contribution in [0.25, 0.3) is 0 Å². The van der Waals surface area contributed by atoms with Gasteiger partial charge in [0.2, 0.25) is 5.91 Å². The molecule has 29 heavy (non-hydrogen) atoms. The number of carbonyl (C=O) groups excluding carboxylic acids is 2. The first-order valence-electron chi connectivity index (χ1n) is 9.22. The number of carbonyl (C=O) groups is 3. The van der Waals surface area contributed by atoms with Crippen molar-refractivity contribution in [2.75, 3.05) is 19.5 Å². The standard InChI is InChI=1S/C22H26N2O5/c1-14(2)21(26)24(3)12-15-5-7-17(8-6-15)20(25)23-19-10-16(13-29-4)9-18(11-19)22(27)28/h5-11,14H,12-13H2,1-4H3,(H,23,25)(H,27,28). The van der Waals surface area contributed by atoms with Crippen LogP contribution >= 0.6 is 0 Å². The molecule has 0 saturated heterocycles. The van der Waals surface area contributed by atoms with Gasteiger partial charge in [-0.15, -0.1) is 0 Å². The molecule has 0 fully saturated rings. The number of hydrogen-bond donors (Lipinski definition) is 2. The Bertz CT molecular complexity index is 891. The second-order valence-electron chi connectivity index (χ2n) is 7.16. The Morgan fingerprint density at radius 1 is 1.03 bits per heavy atom. The number of carboxylic acids is 1. The van der Waals surface area contributed by atoms with Crippen molar-refractivity contribution in [3.8, 4) is 0 Å². The number of aromatic carboxylic acids is 1. The number of anilines is 1. The molecule has 0 spiro atoms. The fraction of sp³-hybridized carbons (Fsp3) is 0.318. The highest BCUT2D eigenvalue weighted by Gasteiger charge is 2.14. The van der Waals surface area contributed by atoms with Crippen molar-refractivity contribution >= 4 is 23.5 Å². The molecule has 0 bridgehead atoms. The van der Waals surface area contributed by atoms with Crippen LogP contribution in [-0.4, -0.2) is 41.9 Å². The minimum absolute atomic E-state index is 0.0528. The predicted octanol–water partition coefficient (Wildman–Crippen LogP) is 3.40. The van der Waals surface area contributed by atoms with Crippen molar-refractivity contribution in [1.29, 1.82) is 0 Å². The molecular weight excluding hydrogens is 372 g/mol. The molecule has 2 aromatic rings. The zero-order valence-corrected chi connectivity index (χ0v) is 17.1. The smallest absolute Gasteiger partial charge is 0.335 e. The first kappa shape index (κ1) is 22.1. The largest absolute Gasteiger partial charge is 0.478 e. The quantitative estimate of drug-likeness (QED) is 0.711. The highest BCUT2D eigenvalue weighted by Crippen LogP contribution is 2.18. The first-order valence-corrected chi connectivity index (χ1v) is 9.22. The second-order valence-corrected chi connectivity index (χ2v) is 7.16. The summed E-state index contributed by atoms with van der Waals surface area (Å²) in [5, 5.41) is 12.0. The number of benzene rings is 2. The predicted molar refractivity (Wildman–Crippen MR) is 110 cm³/mol. The summed E-state index contributed by atoms with van der Waals surface area (Å²) in [5.74, 6) is -1.46. The molecule has 2 amide bonds. The van der Waals surface area contributed by atoms with Gasteiger partial charge in [-0.25, -0.2) is 4.79 Å². The van der Waals surface area contributed by atoms with E-state index in [2.05, 4.69) is 5.32 Å². The Kier molecular flexibility index (Phi) is 7.50. The topological polar surface area (TPSA) is 95.9 Å². The van der Waals surface area contributed by atoms with E-state index in [-0.39, 0.29) is 29.9 Å². The molecule has 0 aliphatic carbocycles. The molecule has 0 radical (unpaired) electrons. The molecule has 2 aromatic carbocycles. The van der Waals surface area contributed by atoms with Crippen LogP contribution in [0.4, 0.5) is 5.69 Å². The van der Waals surface area contributed by atoms with Crippen molar-refractivity contribution in [2.24, 2.45) is 5.92 Å². The Labute approximate surface area is 170 Å². The minimum Gasteiger partial charge on any atom is -0.478 e. The molecule has 2 rings (SSSR count). The van der Waals surface area contributed by atoms with Gasteiger partial charge in [0.15, 0.2) is 0 Å². The molecule has 154 valence electrons. The summed E-state index contributed by atoms with van der Waals surface area (Å²) in [6.45, 7) is 4.40. The lowest BCUT2D eigenvalue weighted by Gasteiger charge is -2.19. The van der Waals surface area contributed by atoms with Crippen LogP contribution in [0.2, 0.25) is 0 Å². The molecule has 0 unspecified atom stereocenters. The SMILES string of the molecule is COCc1cc(NC(=O)c2ccc(CN(C)C(=O)C(C)C)cc2)cc(C(=O)O)c1. The summed E-state index contributed by atoms with van der Waals surface area (Å²) >= 11 is 0. The summed E-state index contributed by atoms with van der Waals surface area (Å²) in [6.07, 6.45) is 0. The van der Waals surface area contributed by atoms with E-state index in [1.54, 1.807) is 42.3 Å². The number of ether oxygens (including phenoxy) is 1. The number of rotatable bonds is 8. The molecule has 0 aliphatic rings. The fourth-order valence-electron chi connectivity index (χ4n) is 2.89. The van der Waals surface area contributed by atoms with Gasteiger partial charge in [-0.3, -0.25) is 9.59 Å². The zero-order valence-electron chi connectivity index (χ0n) is 17.1. The van der Waals surface area contributed by atoms with E-state index in [1.807, 2.05) is 13.8 Å². The lowest BCUT2D eigenvalue weighted by molar-refractivity contribution is -0.133. The summed E-state index contributed by atoms with van der Waals surface area (Å²) < 4.78 is 5.05. The van der Waals surface area contributed by atoms with Gasteiger partial charge < -0.3 is 20.1 Å². The van der Waals surface area contributed by atoms with E-state index in [0.29, 0.717) is 23.4 Å². The monoisotopic (exact) mass is 398 g/mol. The number of methoxy groups -OCH3 is 1. The fourth-order valence-corrected chi connectivity index (χ4v) is 2.89. The van der Waals surface area contributed by atoms with Crippen LogP contribution in [0, 0.1) is 5.92 Å². The van der Waals surface area contributed by atoms with Gasteiger partial charge in [-0.2, -0.15) is 0 Å². The average molecular weight is 398 g/mol. The van der Waals surface area contributed by atoms with Crippen LogP contribution in [0.5, 0.6) is 0 Å². The second kappa shape index (κ2) is 9.84. The van der Waals surface area contributed by atoms with Crippen molar-refractivity contribution in [3.63, 3.8) is 0 Å². The average Bonchev–Trinajstić information content (AvgIpc) is 2.67. The Hall–Kier alpha value is -3.19. The van der Waals surface area contributed by atoms with E-state index >= 15 is 0 Å². The number of amides is 2. The van der Waals surface area contributed by atoms with E-state index in [1.165, 1.54) is 19.2 Å². The summed E-state index contributed by atoms with van der Waals surface area (Å²) in [6, 6.07) is 11.5. The normalized spacial score (nSPS) is 10.7. The van der Waals surface area contributed by atoms with Crippen molar-refractivity contribution in [1.82, 2.24) is 4.90 Å². The summed E-state index contributed by atoms with van der Waals surface area (Å²) in [7, 11) is 3.26. The van der Waals surface area contributed by atoms with Crippen LogP contribution in [0.1, 0.15) is 45.7 Å². The zero-order chi connectivity index (χ0) is 21.6. The highest BCUT2D eigenvalue weighted by atomic mass is 16.5. The lowest BCUT2D eigenvalue weighted by Crippen LogP contribution is -2.29. The molecular formula is C22H26N2O5. The number of hydrogen-bond acceptors (Lipinski definition) is 4. The van der Waals surface area contributed by atoms with Crippen molar-refractivity contribution in [3.05, 3.63) is 64.7 Å². The van der Waals surface area contributed by atoms with Crippen LogP contribution in [0.3, 0.4) is 0 Å². The highest BCUT2D eigenvalue weighted by molar-refractivity contribution is 6.04. The molecule has 0 aromatic heterocycles. The van der Waals surface area contributed by atoms with Crippen LogP contribution in [-0.2, 0) is 22.7 Å². The number of nitrogens with zero attached hydrogens (tertiary/aromatic N) is 1. The summed E-state index contributed by atoms with van der Waals surface area (Å²) in [4.78, 5) is 37.5. The van der Waals surface area contributed by atoms with Gasteiger partial charge in [0.1, 0.15) is 0 Å². The third-order valence-electron chi connectivity index (χ3n) is 4.31. The number of nitrogens with one attached hydrogen (secondary N) is 1. The van der Waals surface area contributed by atoms with E-state index < -0.39 is 5.97 Å². The van der Waals surface area contributed by atoms with E-state index in [9.17, 15) is 19.5 Å². The van der Waals surface area contributed by atoms with Crippen molar-refractivity contribution < 1.29 is 24.2 Å². The Morgan fingerprint density at radius 3 is 2.24 bits per heavy atom. The van der Waals surface area contributed by atoms with Gasteiger partial charge >= 0.3 is 5.97 Å². The van der Waals surface area contributed by atoms with Gasteiger partial charge in [0.05, 0.1) is 12.2 Å². The Morgan fingerprint density at radius 2 is 1.69 bits per heavy atom. The van der Waals surface area contributed by atoms with Crippen LogP contribution < -0.4 is 5.32 Å². The van der Waals surface area contributed by atoms with Gasteiger partial charge in [0.25, 0.3) is 5.91 Å². The maximum absolute atomic E-state index is 12.5. The maximum atomic E-state index is 12.5. The molecule has 0 aliphatic heterocycles. The maximum Gasteiger partial charge on any atom is 0.335 e. The van der Waals surface area contributed by atoms with Gasteiger partial charge in [-0.1, -0.05) is 26.0 Å². The van der Waals surface area contributed by atoms with E-state index in [4.69, 9.17) is 4.74 Å². The molecule has 0 heterocycles. The molecule has 0 atom stereocenters. The third-order valence-corrected chi connectivity index (χ3v) is 4.31. The lowest BCUT2D eigenvalue weighted by atomic mass is 10.1. The Balaban J connectivity index is 2.11. The molecule has 7 heteroatoms. The third kappa shape index (κ3) is 6.15. The minimum atomic E-state index is -1.08. The van der Waals surface area contributed by atoms with Gasteiger partial charge in [0, 0.05) is 37.9 Å². The molecule has 0 saturated carbocycles. The molecule has 7 nitrogen and oxygen atoms in total. The van der Waals surface area contributed by atoms with E-state index in [0.717, 1.165) is 5.56 Å².